The van der Waals surface area contributed by atoms with Crippen molar-refractivity contribution in [2.75, 3.05) is 26.7 Å². The van der Waals surface area contributed by atoms with Crippen LogP contribution in [-0.2, 0) is 151 Å². The van der Waals surface area contributed by atoms with Gasteiger partial charge in [-0.25, -0.2) is 0 Å². The van der Waals surface area contributed by atoms with E-state index in [1.807, 2.05) is 262 Å². The minimum Gasteiger partial charge on any atom is -0.574 e. The summed E-state index contributed by atoms with van der Waals surface area (Å²) >= 11 is 0. The second-order valence-electron chi connectivity index (χ2n) is 31.8. The predicted octanol–water partition coefficient (Wildman–Crippen LogP) is 27.2. The molecule has 10 aromatic carbocycles. The molecule has 15 nitrogen and oxygen atoms in total. The number of para-hydroxylation sites is 3. The number of aliphatic hydroxyl groups is 1. The summed E-state index contributed by atoms with van der Waals surface area (Å²) in [6.45, 7) is 26.4. The number of benzene rings is 10. The number of ketones is 1. The molecule has 1 N–H and O–H groups in total. The molecule has 0 amide bonds. The zero-order valence-electron chi connectivity index (χ0n) is 82.4. The molecule has 0 fully saturated rings. The third-order valence-corrected chi connectivity index (χ3v) is 22.8. The van der Waals surface area contributed by atoms with Crippen LogP contribution in [0.25, 0.3) is 107 Å². The smallest absolute Gasteiger partial charge is 0.574 e. The van der Waals surface area contributed by atoms with Gasteiger partial charge in [0.05, 0.1) is 59.9 Å². The van der Waals surface area contributed by atoms with E-state index in [9.17, 15) is 18.0 Å². The average Bonchev–Trinajstić information content (AvgIpc) is 1.62. The van der Waals surface area contributed by atoms with Crippen molar-refractivity contribution >= 4 is 43.3 Å². The minimum atomic E-state index is -4.46. The number of aliphatic hydroxyl groups excluding tert-OH is 1. The topological polar surface area (TPSA) is 199 Å². The number of aryl methyl sites for hydroxylation is 7. The maximum atomic E-state index is 12.2. The van der Waals surface area contributed by atoms with Crippen LogP contribution >= 0.6 is 15.8 Å². The SMILES string of the molecule is CC(=O)C=C(C)O.C[PH+](C)c1ccccc1.C[PH+](C)c1ccccc1.Cc1cc(-c2ccccn2)[n-]n1.Cc1cc[c-]c(-c2cc(C)ccn2)c1.Cc1cccnc1-c1[c-]cccc1.Cc1ccnc(-c2[c-]cccc2)c1.Cc1cnc(-c2[c-]cccc2)c(C)c1.FC(F)(F)c1cc(-c2ccccn2)[n-]n1.[Ir].[Ir].[Ir].[Ir].[Ir].[Ir].[Os+2].[c-]1ccccc1-c1ccccn1.[c-]1ccccc1-c1nc2ccccc2n1-c1ccccc1. The van der Waals surface area contributed by atoms with Gasteiger partial charge in [0, 0.05) is 209 Å². The molecule has 0 aliphatic heterocycles. The standard InChI is InChI=1S/C19H13N2.2C13H12N.2C12H10N.C11H8N.C9H5F3N3.C9H8N3.2C8H11P.C5H8O2.6Ir.Os/c1-3-9-15(10-4-1)19-20-17-13-7-8-14-18(17)21(19)16-11-5-2-6-12-16;1-10-4-3-5-12(8-10)13-9-11(2)6-7-14-13;1-10-8-11(2)13(14-9-10)12-6-4-3-5-7-12;1-10-6-5-9-13-12(10)11-7-3-2-4-8-11;1-10-7-8-13-12(9-10)11-5-3-2-4-6-11;1-2-6-10(7-3-1)11-8-4-5-9-12-11;10-9(11,12)8-5-7(14-15-8)6-3-1-2-4-13-6;1-7-6-9(12-11-7)8-4-2-3-5-10-8;2*1-9(2)8-6-4-3-5-7-8;1-4(6)3-5(2)7;;;;;;;/h1-9,11-14H;3-4,6-9H,1-2H3;3-6,8-9H,1-2H3;2-7,9H,1H3;2-5,7-9H,1H3;1-6,8-9H;1-5H;2-6H,1H3;2*3-7H,1-2H3;3,6H,1-2H3;;;;;;;/q8*-1;;;;;;;;;;+2/p+2. The summed E-state index contributed by atoms with van der Waals surface area (Å²) in [6, 6.07) is 138. The largest absolute Gasteiger partial charge is 2.00 e. The number of halogens is 3. The van der Waals surface area contributed by atoms with Crippen LogP contribution < -0.4 is 20.8 Å². The van der Waals surface area contributed by atoms with Gasteiger partial charge in [-0.15, -0.1) is 215 Å². The Kier molecular flexibility index (Phi) is 62.0. The predicted molar refractivity (Wildman–Crippen MR) is 567 cm³/mol. The van der Waals surface area contributed by atoms with Gasteiger partial charge in [-0.05, 0) is 193 Å². The van der Waals surface area contributed by atoms with E-state index in [1.54, 1.807) is 30.6 Å². The van der Waals surface area contributed by atoms with Gasteiger partial charge in [0.25, 0.3) is 0 Å². The molecule has 20 rings (SSSR count). The minimum absolute atomic E-state index is 0. The Labute approximate surface area is 953 Å². The van der Waals surface area contributed by atoms with Gasteiger partial charge >= 0.3 is 26.0 Å². The number of allylic oxidation sites excluding steroid dienone is 2. The van der Waals surface area contributed by atoms with Crippen molar-refractivity contribution in [3.8, 4) is 96.1 Å². The van der Waals surface area contributed by atoms with Crippen molar-refractivity contribution in [1.29, 1.82) is 0 Å². The Balaban J connectivity index is 0.000000415. The van der Waals surface area contributed by atoms with Gasteiger partial charge in [0.2, 0.25) is 0 Å². The molecule has 20 aromatic rings. The molecule has 760 valence electrons. The fourth-order valence-electron chi connectivity index (χ4n) is 13.1. The first kappa shape index (κ1) is 129. The van der Waals surface area contributed by atoms with Crippen LogP contribution in [0.15, 0.2) is 419 Å². The van der Waals surface area contributed by atoms with Gasteiger partial charge < -0.3 is 55.0 Å². The van der Waals surface area contributed by atoms with Gasteiger partial charge in [-0.1, -0.05) is 162 Å². The van der Waals surface area contributed by atoms with Crippen molar-refractivity contribution < 1.29 is 163 Å². The number of alkyl halides is 3. The van der Waals surface area contributed by atoms with E-state index < -0.39 is 11.9 Å². The number of fused-ring (bicyclic) bond motifs is 1. The monoisotopic (exact) mass is 3220 g/mol. The quantitative estimate of drug-likeness (QED) is 0.0524. The molecule has 0 aliphatic carbocycles. The molecule has 146 heavy (non-hydrogen) atoms. The number of nitrogens with zero attached hydrogens (tertiary/aromatic N) is 13. The van der Waals surface area contributed by atoms with Crippen LogP contribution in [0.1, 0.15) is 58.6 Å². The third-order valence-electron chi connectivity index (χ3n) is 19.8. The van der Waals surface area contributed by atoms with Crippen LogP contribution in [0.2, 0.25) is 0 Å². The van der Waals surface area contributed by atoms with Gasteiger partial charge in [0.1, 0.15) is 5.69 Å². The van der Waals surface area contributed by atoms with Crippen molar-refractivity contribution in [3.05, 3.63) is 500 Å². The maximum absolute atomic E-state index is 12.2. The molecule has 10 aromatic heterocycles. The number of hydrogen-bond acceptors (Lipinski definition) is 12. The number of aromatic nitrogens is 13. The summed E-state index contributed by atoms with van der Waals surface area (Å²) in [6.07, 6.45) is 9.09. The second-order valence-corrected chi connectivity index (χ2v) is 37.0. The van der Waals surface area contributed by atoms with Crippen molar-refractivity contribution in [2.24, 2.45) is 0 Å². The van der Waals surface area contributed by atoms with Crippen LogP contribution in [-0.4, -0.2) is 92.2 Å². The summed E-state index contributed by atoms with van der Waals surface area (Å²) in [5, 5.41) is 25.7. The number of carbonyl (C=O) groups is 1. The normalized spacial score (nSPS) is 9.89. The summed E-state index contributed by atoms with van der Waals surface area (Å²) in [5.41, 5.74) is 23.9. The zero-order valence-corrected chi connectivity index (χ0v) is 101. The first-order valence-corrected chi connectivity index (χ1v) is 49.8. The molecule has 0 unspecified atom stereocenters. The van der Waals surface area contributed by atoms with E-state index in [-0.39, 0.29) is 174 Å². The van der Waals surface area contributed by atoms with Gasteiger partial charge in [-0.3, -0.25) is 19.7 Å². The summed E-state index contributed by atoms with van der Waals surface area (Å²) in [4.78, 5) is 44.4. The zero-order chi connectivity index (χ0) is 98.9. The van der Waals surface area contributed by atoms with Gasteiger partial charge in [-0.2, -0.15) is 13.2 Å². The second kappa shape index (κ2) is 70.4. The first-order chi connectivity index (χ1) is 67.3. The molecule has 0 saturated carbocycles. The molecule has 6 radical (unpaired) electrons. The fourth-order valence-corrected chi connectivity index (χ4v) is 14.8. The Hall–Kier alpha value is -11.5. The first-order valence-electron chi connectivity index (χ1n) is 44.8. The molecular formula is C119H110F3Ir6N13O2OsP2-4. The van der Waals surface area contributed by atoms with Crippen LogP contribution in [0, 0.1) is 84.9 Å². The number of hydrogen-bond donors (Lipinski definition) is 1. The number of imidazole rings is 1. The van der Waals surface area contributed by atoms with Crippen LogP contribution in [0.4, 0.5) is 13.2 Å². The Bertz CT molecular complexity index is 6890. The fraction of sp³-hybridized carbons (Fsp3) is 0.118. The Morgan fingerprint density at radius 3 is 1.15 bits per heavy atom. The molecule has 0 atom stereocenters. The third kappa shape index (κ3) is 45.1. The Morgan fingerprint density at radius 2 is 0.753 bits per heavy atom. The van der Waals surface area contributed by atoms with Crippen molar-refractivity contribution in [2.45, 2.75) is 68.5 Å². The van der Waals surface area contributed by atoms with Crippen LogP contribution in [0.5, 0.6) is 0 Å². The number of pyridine rings is 7. The van der Waals surface area contributed by atoms with Crippen molar-refractivity contribution in [3.63, 3.8) is 0 Å². The van der Waals surface area contributed by atoms with E-state index in [4.69, 9.17) is 10.1 Å². The van der Waals surface area contributed by atoms with E-state index in [1.165, 1.54) is 70.1 Å². The van der Waals surface area contributed by atoms with E-state index >= 15 is 0 Å². The van der Waals surface area contributed by atoms with Crippen LogP contribution in [0.3, 0.4) is 0 Å². The number of carbonyl (C=O) groups excluding carboxylic acids is 1. The molecular weight excluding hydrogens is 3110 g/mol. The maximum Gasteiger partial charge on any atom is 2.00 e. The summed E-state index contributed by atoms with van der Waals surface area (Å²) in [5.74, 6) is 0.857. The molecule has 27 heteroatoms. The molecule has 0 aliphatic rings. The van der Waals surface area contributed by atoms with Gasteiger partial charge in [0.15, 0.2) is 5.78 Å². The number of rotatable bonds is 12. The van der Waals surface area contributed by atoms with Crippen molar-refractivity contribution in [1.82, 2.24) is 64.8 Å². The Morgan fingerprint density at radius 1 is 0.356 bits per heavy atom. The van der Waals surface area contributed by atoms with E-state index in [0.717, 1.165) is 108 Å². The van der Waals surface area contributed by atoms with E-state index in [0.29, 0.717) is 5.69 Å². The molecule has 10 heterocycles. The van der Waals surface area contributed by atoms with E-state index in [2.05, 4.69) is 274 Å². The molecule has 0 bridgehead atoms. The average molecular weight is 3220 g/mol. The summed E-state index contributed by atoms with van der Waals surface area (Å²) < 4.78 is 38.8. The molecule has 0 spiro atoms. The molecule has 0 saturated heterocycles. The summed E-state index contributed by atoms with van der Waals surface area (Å²) in [7, 11) is -0.424.